The van der Waals surface area contributed by atoms with E-state index in [0.717, 1.165) is 18.0 Å². The Balaban J connectivity index is 1.84. The molecule has 6 nitrogen and oxygen atoms in total. The second-order valence-corrected chi connectivity index (χ2v) is 6.55. The van der Waals surface area contributed by atoms with Gasteiger partial charge in [0.25, 0.3) is 0 Å². The highest BCUT2D eigenvalue weighted by atomic mass is 32.2. The molecule has 0 spiro atoms. The largest absolute Gasteiger partial charge is 0.389 e. The van der Waals surface area contributed by atoms with Crippen molar-refractivity contribution in [2.45, 2.75) is 43.5 Å². The lowest BCUT2D eigenvalue weighted by atomic mass is 10.1. The zero-order valence-corrected chi connectivity index (χ0v) is 12.4. The van der Waals surface area contributed by atoms with Crippen LogP contribution in [0, 0.1) is 0 Å². The minimum absolute atomic E-state index is 0.0162. The number of hydrogen-bond donors (Lipinski definition) is 1. The van der Waals surface area contributed by atoms with Crippen LogP contribution in [-0.2, 0) is 4.79 Å². The molecule has 1 saturated carbocycles. The van der Waals surface area contributed by atoms with E-state index >= 15 is 0 Å². The van der Waals surface area contributed by atoms with Crippen LogP contribution in [0.5, 0.6) is 0 Å². The van der Waals surface area contributed by atoms with E-state index in [1.165, 1.54) is 11.8 Å². The van der Waals surface area contributed by atoms with Gasteiger partial charge in [-0.15, -0.1) is 10.2 Å². The fourth-order valence-corrected chi connectivity index (χ4v) is 2.77. The van der Waals surface area contributed by atoms with Crippen molar-refractivity contribution in [3.8, 4) is 0 Å². The molecule has 1 aromatic heterocycles. The predicted octanol–water partition coefficient (Wildman–Crippen LogP) is 0.934. The standard InChI is InChI=1S/C12H20N4O2S/c1-12(2,18)7-15(3)10(17)6-19-11-14-13-8-16(11)9-4-5-9/h8-9,18H,4-7H2,1-3H3. The van der Waals surface area contributed by atoms with Gasteiger partial charge in [-0.1, -0.05) is 11.8 Å². The maximum atomic E-state index is 11.9. The molecule has 0 bridgehead atoms. The maximum absolute atomic E-state index is 11.9. The van der Waals surface area contributed by atoms with Gasteiger partial charge in [0.2, 0.25) is 5.91 Å². The van der Waals surface area contributed by atoms with Crippen molar-refractivity contribution >= 4 is 17.7 Å². The Hall–Kier alpha value is -1.08. The molecule has 1 fully saturated rings. The summed E-state index contributed by atoms with van der Waals surface area (Å²) >= 11 is 1.40. The molecule has 0 atom stereocenters. The van der Waals surface area contributed by atoms with E-state index < -0.39 is 5.60 Å². The Labute approximate surface area is 117 Å². The van der Waals surface area contributed by atoms with Gasteiger partial charge >= 0.3 is 0 Å². The lowest BCUT2D eigenvalue weighted by Crippen LogP contribution is -2.40. The predicted molar refractivity (Wildman–Crippen MR) is 73.0 cm³/mol. The zero-order valence-electron chi connectivity index (χ0n) is 11.5. The molecule has 0 saturated heterocycles. The molecule has 7 heteroatoms. The monoisotopic (exact) mass is 284 g/mol. The first-order valence-corrected chi connectivity index (χ1v) is 7.34. The third-order valence-corrected chi connectivity index (χ3v) is 3.80. The summed E-state index contributed by atoms with van der Waals surface area (Å²) in [5.41, 5.74) is -0.872. The second-order valence-electron chi connectivity index (χ2n) is 5.60. The number of nitrogens with zero attached hydrogens (tertiary/aromatic N) is 4. The summed E-state index contributed by atoms with van der Waals surface area (Å²) < 4.78 is 2.04. The van der Waals surface area contributed by atoms with Crippen LogP contribution in [0.25, 0.3) is 0 Å². The molecular weight excluding hydrogens is 264 g/mol. The average Bonchev–Trinajstić information content (AvgIpc) is 3.03. The number of likely N-dealkylation sites (N-methyl/N-ethyl adjacent to an activating group) is 1. The first-order chi connectivity index (χ1) is 8.87. The van der Waals surface area contributed by atoms with Crippen LogP contribution in [0.15, 0.2) is 11.5 Å². The summed E-state index contributed by atoms with van der Waals surface area (Å²) in [5.74, 6) is 0.301. The summed E-state index contributed by atoms with van der Waals surface area (Å²) in [6, 6.07) is 0.515. The smallest absolute Gasteiger partial charge is 0.232 e. The number of aromatic nitrogens is 3. The Bertz CT molecular complexity index is 451. The van der Waals surface area contributed by atoms with E-state index in [1.807, 2.05) is 4.57 Å². The van der Waals surface area contributed by atoms with Crippen molar-refractivity contribution in [1.82, 2.24) is 19.7 Å². The minimum atomic E-state index is -0.872. The summed E-state index contributed by atoms with van der Waals surface area (Å²) in [5, 5.41) is 18.4. The number of amides is 1. The highest BCUT2D eigenvalue weighted by Crippen LogP contribution is 2.37. The Kier molecular flexibility index (Phi) is 4.15. The number of carbonyl (C=O) groups excluding carboxylic acids is 1. The molecule has 0 radical (unpaired) electrons. The molecule has 1 aliphatic carbocycles. The molecular formula is C12H20N4O2S. The maximum Gasteiger partial charge on any atom is 0.232 e. The average molecular weight is 284 g/mol. The second kappa shape index (κ2) is 5.50. The van der Waals surface area contributed by atoms with Gasteiger partial charge in [-0.3, -0.25) is 4.79 Å². The van der Waals surface area contributed by atoms with Gasteiger partial charge < -0.3 is 14.6 Å². The first-order valence-electron chi connectivity index (χ1n) is 6.35. The van der Waals surface area contributed by atoms with Crippen LogP contribution < -0.4 is 0 Å². The van der Waals surface area contributed by atoms with Crippen molar-refractivity contribution in [3.63, 3.8) is 0 Å². The lowest BCUT2D eigenvalue weighted by molar-refractivity contribution is -0.129. The van der Waals surface area contributed by atoms with E-state index in [-0.39, 0.29) is 5.91 Å². The SMILES string of the molecule is CN(CC(C)(C)O)C(=O)CSc1nncn1C1CC1. The summed E-state index contributed by atoms with van der Waals surface area (Å²) in [4.78, 5) is 13.5. The van der Waals surface area contributed by atoms with Crippen molar-refractivity contribution in [1.29, 1.82) is 0 Å². The molecule has 0 unspecified atom stereocenters. The summed E-state index contributed by atoms with van der Waals surface area (Å²) in [6.07, 6.45) is 4.06. The van der Waals surface area contributed by atoms with Crippen molar-refractivity contribution < 1.29 is 9.90 Å². The van der Waals surface area contributed by atoms with E-state index in [9.17, 15) is 9.90 Å². The van der Waals surface area contributed by atoms with Crippen LogP contribution >= 0.6 is 11.8 Å². The molecule has 1 N–H and O–H groups in total. The molecule has 1 amide bonds. The van der Waals surface area contributed by atoms with E-state index in [4.69, 9.17) is 0 Å². The molecule has 19 heavy (non-hydrogen) atoms. The third-order valence-electron chi connectivity index (χ3n) is 2.86. The van der Waals surface area contributed by atoms with Crippen LogP contribution in [0.2, 0.25) is 0 Å². The molecule has 1 aromatic rings. The van der Waals surface area contributed by atoms with Gasteiger partial charge in [-0.25, -0.2) is 0 Å². The molecule has 0 aromatic carbocycles. The van der Waals surface area contributed by atoms with Gasteiger partial charge in [0.1, 0.15) is 6.33 Å². The number of aliphatic hydroxyl groups is 1. The van der Waals surface area contributed by atoms with Gasteiger partial charge in [-0.2, -0.15) is 0 Å². The van der Waals surface area contributed by atoms with Gasteiger partial charge in [0, 0.05) is 19.6 Å². The minimum Gasteiger partial charge on any atom is -0.389 e. The van der Waals surface area contributed by atoms with E-state index in [1.54, 1.807) is 32.1 Å². The quantitative estimate of drug-likeness (QED) is 0.787. The zero-order chi connectivity index (χ0) is 14.0. The summed E-state index contributed by atoms with van der Waals surface area (Å²) in [7, 11) is 1.70. The van der Waals surface area contributed by atoms with E-state index in [2.05, 4.69) is 10.2 Å². The fraction of sp³-hybridized carbons (Fsp3) is 0.750. The van der Waals surface area contributed by atoms with Crippen LogP contribution in [0.4, 0.5) is 0 Å². The third kappa shape index (κ3) is 4.21. The normalized spacial score (nSPS) is 15.6. The Morgan fingerprint density at radius 3 is 2.89 bits per heavy atom. The molecule has 1 aliphatic rings. The topological polar surface area (TPSA) is 71.2 Å². The van der Waals surface area contributed by atoms with E-state index in [0.29, 0.717) is 18.3 Å². The van der Waals surface area contributed by atoms with Gasteiger partial charge in [0.15, 0.2) is 5.16 Å². The van der Waals surface area contributed by atoms with Crippen molar-refractivity contribution in [3.05, 3.63) is 6.33 Å². The first kappa shape index (κ1) is 14.3. The number of rotatable bonds is 6. The van der Waals surface area contributed by atoms with Crippen LogP contribution in [0.1, 0.15) is 32.7 Å². The Morgan fingerprint density at radius 2 is 2.32 bits per heavy atom. The van der Waals surface area contributed by atoms with Gasteiger partial charge in [-0.05, 0) is 26.7 Å². The van der Waals surface area contributed by atoms with Gasteiger partial charge in [0.05, 0.1) is 11.4 Å². The fourth-order valence-electron chi connectivity index (χ4n) is 1.84. The number of hydrogen-bond acceptors (Lipinski definition) is 5. The molecule has 0 aliphatic heterocycles. The van der Waals surface area contributed by atoms with Crippen molar-refractivity contribution in [2.24, 2.45) is 0 Å². The van der Waals surface area contributed by atoms with Crippen LogP contribution in [-0.4, -0.2) is 55.6 Å². The number of thioether (sulfide) groups is 1. The molecule has 1 heterocycles. The molecule has 2 rings (SSSR count). The Morgan fingerprint density at radius 1 is 1.63 bits per heavy atom. The number of carbonyl (C=O) groups is 1. The van der Waals surface area contributed by atoms with Crippen molar-refractivity contribution in [2.75, 3.05) is 19.3 Å². The highest BCUT2D eigenvalue weighted by Gasteiger charge is 2.27. The van der Waals surface area contributed by atoms with Crippen LogP contribution in [0.3, 0.4) is 0 Å². The highest BCUT2D eigenvalue weighted by molar-refractivity contribution is 7.99. The molecule has 106 valence electrons. The lowest BCUT2D eigenvalue weighted by Gasteiger charge is -2.25. The summed E-state index contributed by atoms with van der Waals surface area (Å²) in [6.45, 7) is 3.70.